The molecular weight excluding hydrogens is 280 g/mol. The predicted molar refractivity (Wildman–Crippen MR) is 76.1 cm³/mol. The van der Waals surface area contributed by atoms with Crippen molar-refractivity contribution in [3.05, 3.63) is 27.1 Å². The third-order valence-electron chi connectivity index (χ3n) is 2.70. The quantitative estimate of drug-likeness (QED) is 0.802. The van der Waals surface area contributed by atoms with Crippen molar-refractivity contribution in [2.24, 2.45) is 0 Å². The summed E-state index contributed by atoms with van der Waals surface area (Å²) in [6.45, 7) is 3.11. The number of hydrogen-bond acceptors (Lipinski definition) is 7. The number of aliphatic hydroxyl groups excluding tert-OH is 1. The minimum Gasteiger partial charge on any atom is -0.389 e. The lowest BCUT2D eigenvalue weighted by Gasteiger charge is -2.18. The van der Waals surface area contributed by atoms with Crippen LogP contribution in [0.25, 0.3) is 4.96 Å². The first-order valence-corrected chi connectivity index (χ1v) is 7.03. The van der Waals surface area contributed by atoms with Crippen molar-refractivity contribution in [2.45, 2.75) is 19.6 Å². The van der Waals surface area contributed by atoms with Gasteiger partial charge in [-0.3, -0.25) is 9.69 Å². The van der Waals surface area contributed by atoms with E-state index < -0.39 is 6.10 Å². The van der Waals surface area contributed by atoms with E-state index in [9.17, 15) is 9.90 Å². The van der Waals surface area contributed by atoms with Gasteiger partial charge in [-0.1, -0.05) is 11.3 Å². The smallest absolute Gasteiger partial charge is 0.275 e. The molecule has 2 aromatic heterocycles. The fourth-order valence-corrected chi connectivity index (χ4v) is 2.95. The molecule has 0 saturated carbocycles. The van der Waals surface area contributed by atoms with Gasteiger partial charge in [0, 0.05) is 25.4 Å². The van der Waals surface area contributed by atoms with Gasteiger partial charge in [0.2, 0.25) is 4.96 Å². The lowest BCUT2D eigenvalue weighted by Crippen LogP contribution is -2.31. The second-order valence-corrected chi connectivity index (χ2v) is 5.77. The zero-order valence-electron chi connectivity index (χ0n) is 11.7. The van der Waals surface area contributed by atoms with E-state index in [1.165, 1.54) is 21.9 Å². The van der Waals surface area contributed by atoms with Crippen molar-refractivity contribution in [3.63, 3.8) is 0 Å². The van der Waals surface area contributed by atoms with Crippen LogP contribution in [0.5, 0.6) is 0 Å². The molecule has 7 nitrogen and oxygen atoms in total. The molecule has 1 unspecified atom stereocenters. The lowest BCUT2D eigenvalue weighted by atomic mass is 10.3. The number of nitrogens with zero attached hydrogens (tertiary/aromatic N) is 4. The number of fused-ring (bicyclic) bond motifs is 1. The number of likely N-dealkylation sites (N-methyl/N-ethyl adjacent to an activating group) is 1. The van der Waals surface area contributed by atoms with Gasteiger partial charge in [0.1, 0.15) is 5.01 Å². The van der Waals surface area contributed by atoms with Crippen LogP contribution in [-0.2, 0) is 11.3 Å². The van der Waals surface area contributed by atoms with Gasteiger partial charge < -0.3 is 9.84 Å². The Morgan fingerprint density at radius 3 is 3.05 bits per heavy atom. The summed E-state index contributed by atoms with van der Waals surface area (Å²) in [5, 5.41) is 14.7. The second-order valence-electron chi connectivity index (χ2n) is 4.73. The summed E-state index contributed by atoms with van der Waals surface area (Å²) in [6, 6.07) is 1.46. The molecule has 0 fully saturated rings. The summed E-state index contributed by atoms with van der Waals surface area (Å²) < 4.78 is 6.20. The first kappa shape index (κ1) is 15.0. The largest absolute Gasteiger partial charge is 0.389 e. The van der Waals surface area contributed by atoms with E-state index in [0.29, 0.717) is 30.4 Å². The number of aryl methyl sites for hydroxylation is 1. The van der Waals surface area contributed by atoms with Crippen molar-refractivity contribution in [3.8, 4) is 0 Å². The number of methoxy groups -OCH3 is 1. The van der Waals surface area contributed by atoms with E-state index >= 15 is 0 Å². The third-order valence-corrected chi connectivity index (χ3v) is 3.59. The Kier molecular flexibility index (Phi) is 4.81. The van der Waals surface area contributed by atoms with E-state index in [0.717, 1.165) is 5.01 Å². The normalized spacial score (nSPS) is 13.2. The highest BCUT2D eigenvalue weighted by atomic mass is 32.1. The molecule has 0 aromatic carbocycles. The molecule has 2 aromatic rings. The molecule has 0 aliphatic rings. The van der Waals surface area contributed by atoms with Gasteiger partial charge in [-0.25, -0.2) is 4.98 Å². The van der Waals surface area contributed by atoms with E-state index in [1.54, 1.807) is 14.0 Å². The molecule has 20 heavy (non-hydrogen) atoms. The number of rotatable bonds is 6. The number of ether oxygens (including phenoxy) is 1. The molecule has 0 spiro atoms. The van der Waals surface area contributed by atoms with E-state index in [-0.39, 0.29) is 5.56 Å². The summed E-state index contributed by atoms with van der Waals surface area (Å²) in [4.78, 5) is 18.6. The van der Waals surface area contributed by atoms with Crippen LogP contribution in [-0.4, -0.2) is 58.0 Å². The maximum absolute atomic E-state index is 11.8. The molecule has 110 valence electrons. The summed E-state index contributed by atoms with van der Waals surface area (Å²) >= 11 is 1.38. The van der Waals surface area contributed by atoms with Gasteiger partial charge in [0.05, 0.1) is 19.3 Å². The monoisotopic (exact) mass is 298 g/mol. The van der Waals surface area contributed by atoms with Crippen LogP contribution in [0.3, 0.4) is 0 Å². The van der Waals surface area contributed by atoms with Crippen LogP contribution in [0.15, 0.2) is 10.9 Å². The molecule has 0 saturated heterocycles. The van der Waals surface area contributed by atoms with Gasteiger partial charge >= 0.3 is 0 Å². The molecule has 1 atom stereocenters. The van der Waals surface area contributed by atoms with Crippen molar-refractivity contribution in [2.75, 3.05) is 27.3 Å². The average molecular weight is 298 g/mol. The Bertz CT molecular complexity index is 639. The Morgan fingerprint density at radius 2 is 2.35 bits per heavy atom. The molecule has 0 bridgehead atoms. The zero-order chi connectivity index (χ0) is 14.7. The van der Waals surface area contributed by atoms with Crippen molar-refractivity contribution >= 4 is 16.3 Å². The van der Waals surface area contributed by atoms with Crippen LogP contribution in [0.2, 0.25) is 0 Å². The molecule has 0 radical (unpaired) electrons. The first-order valence-electron chi connectivity index (χ1n) is 6.21. The van der Waals surface area contributed by atoms with Gasteiger partial charge in [0.25, 0.3) is 5.56 Å². The van der Waals surface area contributed by atoms with Crippen molar-refractivity contribution in [1.82, 2.24) is 19.5 Å². The topological polar surface area (TPSA) is 80.0 Å². The minimum atomic E-state index is -0.539. The third kappa shape index (κ3) is 3.60. The molecule has 8 heteroatoms. The molecule has 2 rings (SSSR count). The Labute approximate surface area is 120 Å². The molecule has 2 heterocycles. The fourth-order valence-electron chi connectivity index (χ4n) is 1.92. The maximum atomic E-state index is 11.8. The summed E-state index contributed by atoms with van der Waals surface area (Å²) in [7, 11) is 3.43. The highest BCUT2D eigenvalue weighted by molar-refractivity contribution is 7.16. The Hall–Kier alpha value is -1.35. The minimum absolute atomic E-state index is 0.169. The summed E-state index contributed by atoms with van der Waals surface area (Å²) in [5.74, 6) is 0. The Balaban J connectivity index is 2.10. The molecule has 0 amide bonds. The van der Waals surface area contributed by atoms with E-state index in [2.05, 4.69) is 10.1 Å². The maximum Gasteiger partial charge on any atom is 0.275 e. The molecule has 0 aliphatic heterocycles. The van der Waals surface area contributed by atoms with Crippen LogP contribution in [0.4, 0.5) is 0 Å². The molecular formula is C12H18N4O3S. The lowest BCUT2D eigenvalue weighted by molar-refractivity contribution is 0.0418. The summed E-state index contributed by atoms with van der Waals surface area (Å²) in [5.41, 5.74) is 0.520. The van der Waals surface area contributed by atoms with Crippen molar-refractivity contribution in [1.29, 1.82) is 0 Å². The van der Waals surface area contributed by atoms with Gasteiger partial charge in [0.15, 0.2) is 0 Å². The standard InChI is InChI=1S/C12H18N4O3S/c1-8-4-11(18)16-12(13-8)20-10(14-16)6-15(2)5-9(17)7-19-3/h4,9,17H,5-7H2,1-3H3. The van der Waals surface area contributed by atoms with Crippen molar-refractivity contribution < 1.29 is 9.84 Å². The van der Waals surface area contributed by atoms with E-state index in [4.69, 9.17) is 4.74 Å². The number of aliphatic hydroxyl groups is 1. The van der Waals surface area contributed by atoms with Gasteiger partial charge in [-0.05, 0) is 14.0 Å². The predicted octanol–water partition coefficient (Wildman–Crippen LogP) is -0.101. The highest BCUT2D eigenvalue weighted by Crippen LogP contribution is 2.13. The van der Waals surface area contributed by atoms with Crippen LogP contribution < -0.4 is 5.56 Å². The van der Waals surface area contributed by atoms with Crippen LogP contribution in [0.1, 0.15) is 10.7 Å². The summed E-state index contributed by atoms with van der Waals surface area (Å²) in [6.07, 6.45) is -0.539. The van der Waals surface area contributed by atoms with E-state index in [1.807, 2.05) is 11.9 Å². The number of aromatic nitrogens is 3. The average Bonchev–Trinajstić information content (AvgIpc) is 2.71. The molecule has 0 aliphatic carbocycles. The highest BCUT2D eigenvalue weighted by Gasteiger charge is 2.12. The number of hydrogen-bond donors (Lipinski definition) is 1. The van der Waals surface area contributed by atoms with Gasteiger partial charge in [-0.2, -0.15) is 9.61 Å². The molecule has 1 N–H and O–H groups in total. The first-order chi connectivity index (χ1) is 9.49. The zero-order valence-corrected chi connectivity index (χ0v) is 12.6. The SMILES string of the molecule is COCC(O)CN(C)Cc1nn2c(=O)cc(C)nc2s1. The Morgan fingerprint density at radius 1 is 1.60 bits per heavy atom. The van der Waals surface area contributed by atoms with Crippen LogP contribution in [0, 0.1) is 6.92 Å². The second kappa shape index (κ2) is 6.40. The fraction of sp³-hybridized carbons (Fsp3) is 0.583. The van der Waals surface area contributed by atoms with Gasteiger partial charge in [-0.15, -0.1) is 0 Å². The van der Waals surface area contributed by atoms with Crippen LogP contribution >= 0.6 is 11.3 Å².